The quantitative estimate of drug-likeness (QED) is 0.762. The summed E-state index contributed by atoms with van der Waals surface area (Å²) < 4.78 is 25.2. The average molecular weight is 364 g/mol. The number of carboxylic acid groups (broad SMARTS) is 1. The molecule has 2 rings (SSSR count). The predicted molar refractivity (Wildman–Crippen MR) is 88.8 cm³/mol. The van der Waals surface area contributed by atoms with E-state index in [1.54, 1.807) is 23.6 Å². The molecule has 0 aliphatic carbocycles. The smallest absolute Gasteiger partial charge is 0.305 e. The fourth-order valence-corrected chi connectivity index (χ4v) is 5.31. The van der Waals surface area contributed by atoms with Gasteiger partial charge in [-0.1, -0.05) is 0 Å². The molecule has 2 heterocycles. The molecular formula is C14H24N2O5S2. The van der Waals surface area contributed by atoms with Gasteiger partial charge in [-0.3, -0.25) is 9.59 Å². The maximum absolute atomic E-state index is 12.7. The van der Waals surface area contributed by atoms with Gasteiger partial charge < -0.3 is 10.0 Å². The van der Waals surface area contributed by atoms with Crippen molar-refractivity contribution < 1.29 is 23.1 Å². The molecular weight excluding hydrogens is 340 g/mol. The second-order valence-corrected chi connectivity index (χ2v) is 9.34. The summed E-state index contributed by atoms with van der Waals surface area (Å²) in [6, 6.07) is -0.254. The van der Waals surface area contributed by atoms with Crippen molar-refractivity contribution in [3.8, 4) is 0 Å². The molecule has 2 aliphatic rings. The van der Waals surface area contributed by atoms with Crippen LogP contribution in [0.25, 0.3) is 0 Å². The summed E-state index contributed by atoms with van der Waals surface area (Å²) in [5.41, 5.74) is 0. The highest BCUT2D eigenvalue weighted by Crippen LogP contribution is 2.26. The van der Waals surface area contributed by atoms with Crippen molar-refractivity contribution in [2.45, 2.75) is 32.2 Å². The summed E-state index contributed by atoms with van der Waals surface area (Å²) in [6.45, 7) is 2.95. The first-order valence-corrected chi connectivity index (χ1v) is 10.7. The van der Waals surface area contributed by atoms with Gasteiger partial charge in [0.25, 0.3) is 0 Å². The normalized spacial score (nSPS) is 24.6. The lowest BCUT2D eigenvalue weighted by Crippen LogP contribution is -2.51. The number of rotatable bonds is 5. The molecule has 1 unspecified atom stereocenters. The van der Waals surface area contributed by atoms with E-state index in [1.807, 2.05) is 0 Å². The van der Waals surface area contributed by atoms with Crippen molar-refractivity contribution >= 4 is 33.7 Å². The Morgan fingerprint density at radius 2 is 1.87 bits per heavy atom. The molecule has 9 heteroatoms. The third kappa shape index (κ3) is 4.60. The zero-order valence-electron chi connectivity index (χ0n) is 13.3. The summed E-state index contributed by atoms with van der Waals surface area (Å²) >= 11 is 1.67. The number of amides is 1. The van der Waals surface area contributed by atoms with Crippen LogP contribution in [0.3, 0.4) is 0 Å². The van der Waals surface area contributed by atoms with Gasteiger partial charge in [0.05, 0.1) is 18.2 Å². The van der Waals surface area contributed by atoms with Crippen molar-refractivity contribution in [3.05, 3.63) is 0 Å². The van der Waals surface area contributed by atoms with E-state index in [1.165, 1.54) is 4.31 Å². The van der Waals surface area contributed by atoms with Crippen LogP contribution in [0.2, 0.25) is 0 Å². The zero-order chi connectivity index (χ0) is 17.0. The molecule has 1 amide bonds. The fraction of sp³-hybridized carbons (Fsp3) is 0.857. The van der Waals surface area contributed by atoms with Gasteiger partial charge in [0.2, 0.25) is 15.9 Å². The third-order valence-corrected chi connectivity index (χ3v) is 7.46. The molecule has 0 saturated carbocycles. The van der Waals surface area contributed by atoms with Crippen LogP contribution in [0.4, 0.5) is 0 Å². The Kier molecular flexibility index (Phi) is 6.33. The summed E-state index contributed by atoms with van der Waals surface area (Å²) in [5, 5.41) is 9.01. The van der Waals surface area contributed by atoms with Crippen molar-refractivity contribution in [2.75, 3.05) is 36.9 Å². The lowest BCUT2D eigenvalue weighted by molar-refractivity contribution is -0.142. The van der Waals surface area contributed by atoms with Crippen LogP contribution >= 0.6 is 11.8 Å². The monoisotopic (exact) mass is 364 g/mol. The number of sulfonamides is 1. The number of carbonyl (C=O) groups is 2. The van der Waals surface area contributed by atoms with E-state index in [0.717, 1.165) is 5.75 Å². The SMILES string of the molecule is CCS(=O)(=O)N1CCC(C(=O)N2CCSCC2CC(=O)O)CC1. The molecule has 0 aromatic carbocycles. The Bertz CT molecular complexity index is 543. The van der Waals surface area contributed by atoms with Gasteiger partial charge in [-0.05, 0) is 19.8 Å². The second kappa shape index (κ2) is 7.85. The molecule has 0 aromatic rings. The number of aliphatic carboxylic acids is 1. The van der Waals surface area contributed by atoms with E-state index in [4.69, 9.17) is 5.11 Å². The Morgan fingerprint density at radius 1 is 1.22 bits per heavy atom. The highest BCUT2D eigenvalue weighted by atomic mass is 32.2. The molecule has 0 spiro atoms. The minimum atomic E-state index is -3.19. The largest absolute Gasteiger partial charge is 0.481 e. The Balaban J connectivity index is 1.96. The minimum absolute atomic E-state index is 0.00917. The topological polar surface area (TPSA) is 95.0 Å². The molecule has 2 fully saturated rings. The molecule has 0 bridgehead atoms. The van der Waals surface area contributed by atoms with Gasteiger partial charge in [0.1, 0.15) is 0 Å². The number of hydrogen-bond donors (Lipinski definition) is 1. The molecule has 7 nitrogen and oxygen atoms in total. The summed E-state index contributed by atoms with van der Waals surface area (Å²) in [5.74, 6) is 0.462. The van der Waals surface area contributed by atoms with Crippen LogP contribution in [-0.2, 0) is 19.6 Å². The van der Waals surface area contributed by atoms with Crippen LogP contribution in [-0.4, -0.2) is 77.5 Å². The molecule has 132 valence electrons. The molecule has 23 heavy (non-hydrogen) atoms. The highest BCUT2D eigenvalue weighted by Gasteiger charge is 2.36. The van der Waals surface area contributed by atoms with Gasteiger partial charge in [-0.2, -0.15) is 11.8 Å². The summed E-state index contributed by atoms with van der Waals surface area (Å²) in [4.78, 5) is 25.4. The predicted octanol–water partition coefficient (Wildman–Crippen LogP) is 0.467. The van der Waals surface area contributed by atoms with Gasteiger partial charge in [0.15, 0.2) is 0 Å². The Labute approximate surface area is 141 Å². The van der Waals surface area contributed by atoms with E-state index >= 15 is 0 Å². The number of piperidine rings is 1. The first-order chi connectivity index (χ1) is 10.8. The second-order valence-electron chi connectivity index (χ2n) is 5.93. The van der Waals surface area contributed by atoms with E-state index in [2.05, 4.69) is 0 Å². The lowest BCUT2D eigenvalue weighted by Gasteiger charge is -2.39. The summed E-state index contributed by atoms with van der Waals surface area (Å²) in [7, 11) is -3.19. The Hall–Kier alpha value is -0.800. The molecule has 1 N–H and O–H groups in total. The number of nitrogens with zero attached hydrogens (tertiary/aromatic N) is 2. The van der Waals surface area contributed by atoms with Gasteiger partial charge in [-0.15, -0.1) is 0 Å². The third-order valence-electron chi connectivity index (χ3n) is 4.48. The summed E-state index contributed by atoms with van der Waals surface area (Å²) in [6.07, 6.45) is 1.00. The van der Waals surface area contributed by atoms with E-state index in [0.29, 0.717) is 38.2 Å². The first-order valence-electron chi connectivity index (χ1n) is 7.93. The van der Waals surface area contributed by atoms with Gasteiger partial charge in [-0.25, -0.2) is 12.7 Å². The number of thioether (sulfide) groups is 1. The molecule has 1 atom stereocenters. The van der Waals surface area contributed by atoms with Crippen LogP contribution in [0.5, 0.6) is 0 Å². The molecule has 0 radical (unpaired) electrons. The van der Waals surface area contributed by atoms with E-state index in [9.17, 15) is 18.0 Å². The fourth-order valence-electron chi connectivity index (χ4n) is 3.11. The molecule has 2 saturated heterocycles. The van der Waals surface area contributed by atoms with Crippen LogP contribution in [0, 0.1) is 5.92 Å². The lowest BCUT2D eigenvalue weighted by atomic mass is 9.95. The van der Waals surface area contributed by atoms with Crippen LogP contribution in [0.15, 0.2) is 0 Å². The van der Waals surface area contributed by atoms with Crippen LogP contribution in [0.1, 0.15) is 26.2 Å². The van der Waals surface area contributed by atoms with Crippen molar-refractivity contribution in [2.24, 2.45) is 5.92 Å². The zero-order valence-corrected chi connectivity index (χ0v) is 14.9. The Morgan fingerprint density at radius 3 is 2.43 bits per heavy atom. The van der Waals surface area contributed by atoms with Gasteiger partial charge in [0, 0.05) is 37.1 Å². The number of carbonyl (C=O) groups excluding carboxylic acids is 1. The maximum Gasteiger partial charge on any atom is 0.305 e. The number of hydrogen-bond acceptors (Lipinski definition) is 5. The van der Waals surface area contributed by atoms with E-state index < -0.39 is 16.0 Å². The molecule has 0 aromatic heterocycles. The first kappa shape index (κ1) is 18.5. The number of carboxylic acids is 1. The standard InChI is InChI=1S/C14H24N2O5S2/c1-2-23(20,21)15-5-3-11(4-6-15)14(19)16-7-8-22-10-12(16)9-13(17)18/h11-12H,2-10H2,1H3,(H,17,18). The van der Waals surface area contributed by atoms with Crippen molar-refractivity contribution in [1.82, 2.24) is 9.21 Å². The van der Waals surface area contributed by atoms with E-state index in [-0.39, 0.29) is 30.0 Å². The van der Waals surface area contributed by atoms with Crippen LogP contribution < -0.4 is 0 Å². The minimum Gasteiger partial charge on any atom is -0.481 e. The van der Waals surface area contributed by atoms with Gasteiger partial charge >= 0.3 is 5.97 Å². The average Bonchev–Trinajstić information content (AvgIpc) is 2.54. The molecule has 2 aliphatic heterocycles. The van der Waals surface area contributed by atoms with Crippen molar-refractivity contribution in [3.63, 3.8) is 0 Å². The highest BCUT2D eigenvalue weighted by molar-refractivity contribution is 7.99. The van der Waals surface area contributed by atoms with Crippen molar-refractivity contribution in [1.29, 1.82) is 0 Å². The maximum atomic E-state index is 12.7.